The molecule has 11 heavy (non-hydrogen) atoms. The topological polar surface area (TPSA) is 42.9 Å². The Morgan fingerprint density at radius 1 is 1.55 bits per heavy atom. The third-order valence-corrected chi connectivity index (χ3v) is 1.45. The number of amidine groups is 1. The second-order valence-electron chi connectivity index (χ2n) is 2.38. The third kappa shape index (κ3) is 3.34. The van der Waals surface area contributed by atoms with Crippen LogP contribution in [0.3, 0.4) is 0 Å². The molecule has 0 aliphatic carbocycles. The number of nitrogens with zero attached hydrogens (tertiary/aromatic N) is 1. The molecule has 4 nitrogen and oxygen atoms in total. The van der Waals surface area contributed by atoms with Crippen molar-refractivity contribution < 1.29 is 9.57 Å². The summed E-state index contributed by atoms with van der Waals surface area (Å²) in [6, 6.07) is 0. The molecule has 4 heteroatoms. The van der Waals surface area contributed by atoms with E-state index in [2.05, 4.69) is 10.5 Å². The normalized spacial score (nSPS) is 16.6. The van der Waals surface area contributed by atoms with Crippen LogP contribution < -0.4 is 5.48 Å². The summed E-state index contributed by atoms with van der Waals surface area (Å²) >= 11 is 0. The van der Waals surface area contributed by atoms with Crippen LogP contribution in [0.15, 0.2) is 4.99 Å². The van der Waals surface area contributed by atoms with E-state index >= 15 is 0 Å². The van der Waals surface area contributed by atoms with Gasteiger partial charge >= 0.3 is 0 Å². The molecule has 0 spiro atoms. The quantitative estimate of drug-likeness (QED) is 0.474. The fourth-order valence-corrected chi connectivity index (χ4v) is 0.882. The molecule has 1 aliphatic rings. The van der Waals surface area contributed by atoms with E-state index in [4.69, 9.17) is 9.57 Å². The van der Waals surface area contributed by atoms with Gasteiger partial charge in [-0.1, -0.05) is 0 Å². The lowest BCUT2D eigenvalue weighted by atomic mass is 10.3. The van der Waals surface area contributed by atoms with Crippen molar-refractivity contribution in [2.24, 2.45) is 4.99 Å². The van der Waals surface area contributed by atoms with Crippen molar-refractivity contribution in [1.82, 2.24) is 5.48 Å². The molecule has 0 fully saturated rings. The smallest absolute Gasteiger partial charge is 0.120 e. The van der Waals surface area contributed by atoms with Crippen molar-refractivity contribution in [1.29, 1.82) is 0 Å². The van der Waals surface area contributed by atoms with Crippen molar-refractivity contribution in [3.05, 3.63) is 0 Å². The van der Waals surface area contributed by atoms with Crippen LogP contribution in [0.4, 0.5) is 0 Å². The molecule has 0 bridgehead atoms. The maximum absolute atomic E-state index is 5.05. The van der Waals surface area contributed by atoms with Gasteiger partial charge in [0.2, 0.25) is 0 Å². The molecular weight excluding hydrogens is 144 g/mol. The van der Waals surface area contributed by atoms with Gasteiger partial charge in [0, 0.05) is 20.1 Å². The molecular formula is C7H14N2O2. The number of hydroxylamine groups is 1. The average molecular weight is 158 g/mol. The van der Waals surface area contributed by atoms with E-state index in [1.165, 1.54) is 0 Å². The molecule has 1 N–H and O–H groups in total. The molecule has 0 saturated heterocycles. The minimum absolute atomic E-state index is 0.565. The van der Waals surface area contributed by atoms with Gasteiger partial charge in [0.25, 0.3) is 0 Å². The van der Waals surface area contributed by atoms with Gasteiger partial charge in [0.05, 0.1) is 13.2 Å². The van der Waals surface area contributed by atoms with E-state index in [9.17, 15) is 0 Å². The average Bonchev–Trinajstić information content (AvgIpc) is 2.50. The van der Waals surface area contributed by atoms with Crippen LogP contribution in [0.2, 0.25) is 0 Å². The Morgan fingerprint density at radius 2 is 2.45 bits per heavy atom. The van der Waals surface area contributed by atoms with E-state index in [-0.39, 0.29) is 0 Å². The molecule has 1 heterocycles. The fraction of sp³-hybridized carbons (Fsp3) is 0.857. The largest absolute Gasteiger partial charge is 0.382 e. The predicted octanol–water partition coefficient (Wildman–Crippen LogP) is 0.346. The lowest BCUT2D eigenvalue weighted by molar-refractivity contribution is 0.0373. The molecule has 0 aromatic rings. The van der Waals surface area contributed by atoms with E-state index in [1.54, 1.807) is 7.11 Å². The number of nitrogens with one attached hydrogen (secondary N) is 1. The monoisotopic (exact) mass is 158 g/mol. The summed E-state index contributed by atoms with van der Waals surface area (Å²) in [4.78, 5) is 9.23. The van der Waals surface area contributed by atoms with E-state index in [0.717, 1.165) is 25.2 Å². The van der Waals surface area contributed by atoms with Gasteiger partial charge in [-0.25, -0.2) is 0 Å². The van der Waals surface area contributed by atoms with Gasteiger partial charge in [0.15, 0.2) is 0 Å². The molecule has 0 unspecified atom stereocenters. The summed E-state index contributed by atoms with van der Waals surface area (Å²) in [5.74, 6) is 0.959. The maximum Gasteiger partial charge on any atom is 0.120 e. The second kappa shape index (κ2) is 5.09. The summed E-state index contributed by atoms with van der Waals surface area (Å²) in [5.41, 5.74) is 2.79. The Morgan fingerprint density at radius 3 is 3.09 bits per heavy atom. The fourth-order valence-electron chi connectivity index (χ4n) is 0.882. The summed E-state index contributed by atoms with van der Waals surface area (Å²) in [5, 5.41) is 0. The SMILES string of the molecule is COCCONC1=NCCC1. The molecule has 0 radical (unpaired) electrons. The third-order valence-electron chi connectivity index (χ3n) is 1.45. The second-order valence-corrected chi connectivity index (χ2v) is 2.38. The van der Waals surface area contributed by atoms with Gasteiger partial charge in [-0.3, -0.25) is 15.3 Å². The molecule has 64 valence electrons. The highest BCUT2D eigenvalue weighted by molar-refractivity contribution is 5.82. The minimum atomic E-state index is 0.565. The van der Waals surface area contributed by atoms with Crippen LogP contribution >= 0.6 is 0 Å². The molecule has 0 amide bonds. The van der Waals surface area contributed by atoms with E-state index in [0.29, 0.717) is 13.2 Å². The summed E-state index contributed by atoms with van der Waals surface area (Å²) < 4.78 is 4.80. The predicted molar refractivity (Wildman–Crippen MR) is 42.5 cm³/mol. The van der Waals surface area contributed by atoms with Gasteiger partial charge < -0.3 is 4.74 Å². The lowest BCUT2D eigenvalue weighted by Gasteiger charge is -2.04. The van der Waals surface area contributed by atoms with Crippen molar-refractivity contribution in [3.63, 3.8) is 0 Å². The number of ether oxygens (including phenoxy) is 1. The van der Waals surface area contributed by atoms with Crippen molar-refractivity contribution >= 4 is 5.84 Å². The maximum atomic E-state index is 5.05. The van der Waals surface area contributed by atoms with Crippen molar-refractivity contribution in [2.75, 3.05) is 26.9 Å². The molecule has 0 saturated carbocycles. The van der Waals surface area contributed by atoms with Crippen LogP contribution in [0.1, 0.15) is 12.8 Å². The zero-order chi connectivity index (χ0) is 7.94. The molecule has 1 aliphatic heterocycles. The van der Waals surface area contributed by atoms with Crippen molar-refractivity contribution in [3.8, 4) is 0 Å². The molecule has 0 aromatic carbocycles. The van der Waals surface area contributed by atoms with Crippen molar-refractivity contribution in [2.45, 2.75) is 12.8 Å². The van der Waals surface area contributed by atoms with Crippen LogP contribution in [-0.2, 0) is 9.57 Å². The highest BCUT2D eigenvalue weighted by Gasteiger charge is 2.04. The van der Waals surface area contributed by atoms with Gasteiger partial charge in [-0.2, -0.15) is 0 Å². The molecule has 0 atom stereocenters. The van der Waals surface area contributed by atoms with Crippen LogP contribution in [-0.4, -0.2) is 32.7 Å². The van der Waals surface area contributed by atoms with Gasteiger partial charge in [-0.05, 0) is 6.42 Å². The van der Waals surface area contributed by atoms with Gasteiger partial charge in [0.1, 0.15) is 5.84 Å². The first-order chi connectivity index (χ1) is 5.43. The Hall–Kier alpha value is -0.610. The zero-order valence-corrected chi connectivity index (χ0v) is 6.80. The molecule has 1 rings (SSSR count). The Kier molecular flexibility index (Phi) is 3.93. The zero-order valence-electron chi connectivity index (χ0n) is 6.80. The highest BCUT2D eigenvalue weighted by atomic mass is 16.7. The van der Waals surface area contributed by atoms with E-state index in [1.807, 2.05) is 0 Å². The standard InChI is InChI=1S/C7H14N2O2/c1-10-5-6-11-9-7-3-2-4-8-7/h2-6H2,1H3,(H,8,9). The minimum Gasteiger partial charge on any atom is -0.382 e. The number of hydrogen-bond acceptors (Lipinski definition) is 4. The Bertz CT molecular complexity index is 136. The first-order valence-corrected chi connectivity index (χ1v) is 3.83. The van der Waals surface area contributed by atoms with E-state index < -0.39 is 0 Å². The first-order valence-electron chi connectivity index (χ1n) is 3.83. The van der Waals surface area contributed by atoms with Gasteiger partial charge in [-0.15, -0.1) is 0 Å². The Labute approximate surface area is 66.5 Å². The summed E-state index contributed by atoms with van der Waals surface area (Å²) in [6.07, 6.45) is 2.14. The first kappa shape index (κ1) is 8.49. The van der Waals surface area contributed by atoms with Crippen LogP contribution in [0, 0.1) is 0 Å². The summed E-state index contributed by atoms with van der Waals surface area (Å²) in [7, 11) is 1.65. The number of hydrogen-bond donors (Lipinski definition) is 1. The number of rotatable bonds is 4. The van der Waals surface area contributed by atoms with Crippen LogP contribution in [0.25, 0.3) is 0 Å². The lowest BCUT2D eigenvalue weighted by Crippen LogP contribution is -2.23. The Balaban J connectivity index is 1.94. The van der Waals surface area contributed by atoms with Crippen LogP contribution in [0.5, 0.6) is 0 Å². The molecule has 0 aromatic heterocycles. The number of methoxy groups -OCH3 is 1. The highest BCUT2D eigenvalue weighted by Crippen LogP contribution is 2.00. The summed E-state index contributed by atoms with van der Waals surface area (Å²) in [6.45, 7) is 2.10. The number of aliphatic imine (C=N–C) groups is 1.